The van der Waals surface area contributed by atoms with Crippen LogP contribution in [0.15, 0.2) is 83.3 Å². The summed E-state index contributed by atoms with van der Waals surface area (Å²) >= 11 is 1.18. The molecule has 0 aliphatic heterocycles. The van der Waals surface area contributed by atoms with Crippen molar-refractivity contribution >= 4 is 38.1 Å². The Bertz CT molecular complexity index is 1550. The zero-order valence-electron chi connectivity index (χ0n) is 17.9. The zero-order valence-corrected chi connectivity index (χ0v) is 19.5. The first-order valence-corrected chi connectivity index (χ1v) is 12.5. The lowest BCUT2D eigenvalue weighted by Crippen LogP contribution is -2.16. The van der Waals surface area contributed by atoms with Crippen molar-refractivity contribution in [3.05, 3.63) is 84.1 Å². The van der Waals surface area contributed by atoms with Gasteiger partial charge in [0.2, 0.25) is 5.82 Å². The number of hydrogen-bond donors (Lipinski definition) is 2. The van der Waals surface area contributed by atoms with E-state index in [2.05, 4.69) is 35.5 Å². The van der Waals surface area contributed by atoms with Crippen molar-refractivity contribution in [2.75, 3.05) is 10.0 Å². The molecule has 5 aromatic rings. The van der Waals surface area contributed by atoms with E-state index in [-0.39, 0.29) is 22.4 Å². The van der Waals surface area contributed by atoms with Crippen LogP contribution in [0.1, 0.15) is 10.5 Å². The van der Waals surface area contributed by atoms with E-state index in [0.29, 0.717) is 11.5 Å². The van der Waals surface area contributed by atoms with Crippen LogP contribution >= 0.6 is 11.3 Å². The van der Waals surface area contributed by atoms with Crippen LogP contribution < -0.4 is 10.0 Å². The average molecular weight is 508 g/mol. The smallest absolute Gasteiger partial charge is 0.276 e. The third-order valence-corrected chi connectivity index (χ3v) is 6.88. The van der Waals surface area contributed by atoms with Crippen LogP contribution in [0.5, 0.6) is 0 Å². The van der Waals surface area contributed by atoms with Crippen molar-refractivity contribution in [3.63, 3.8) is 0 Å². The lowest BCUT2D eigenvalue weighted by molar-refractivity contribution is 0.102. The van der Waals surface area contributed by atoms with Crippen LogP contribution in [-0.2, 0) is 16.7 Å². The lowest BCUT2D eigenvalue weighted by Gasteiger charge is -2.07. The predicted molar refractivity (Wildman–Crippen MR) is 128 cm³/mol. The fraction of sp³-hybridized carbons (Fsp3) is 0.0476. The molecule has 0 saturated heterocycles. The van der Waals surface area contributed by atoms with Gasteiger partial charge < -0.3 is 5.32 Å². The van der Waals surface area contributed by atoms with E-state index in [1.807, 2.05) is 30.3 Å². The highest BCUT2D eigenvalue weighted by Gasteiger charge is 2.16. The topological polar surface area (TPSA) is 150 Å². The molecule has 176 valence electrons. The molecule has 3 heterocycles. The summed E-state index contributed by atoms with van der Waals surface area (Å²) in [6.07, 6.45) is 3.13. The highest BCUT2D eigenvalue weighted by molar-refractivity contribution is 7.93. The normalized spacial score (nSPS) is 11.3. The number of benzene rings is 2. The molecular weight excluding hydrogens is 490 g/mol. The standard InChI is InChI=1S/C21H17N9O3S2/c31-20(23-16-6-8-17(9-7-16)35(32,33)27-21-22-11-13-34-21)18-10-12-29(25-18)14-30-26-19(24-28-30)15-4-2-1-3-5-15/h1-13H,14H2,(H,22,27)(H,23,31). The second-order valence-electron chi connectivity index (χ2n) is 7.15. The third kappa shape index (κ3) is 5.23. The minimum Gasteiger partial charge on any atom is -0.321 e. The number of rotatable bonds is 8. The van der Waals surface area contributed by atoms with Gasteiger partial charge >= 0.3 is 0 Å². The molecule has 0 aliphatic carbocycles. The number of nitrogens with one attached hydrogen (secondary N) is 2. The van der Waals surface area contributed by atoms with Gasteiger partial charge in [0, 0.05) is 29.0 Å². The molecular formula is C21H17N9O3S2. The molecule has 12 nitrogen and oxygen atoms in total. The number of thiazole rings is 1. The van der Waals surface area contributed by atoms with Gasteiger partial charge in [-0.25, -0.2) is 18.1 Å². The Balaban J connectivity index is 1.21. The molecule has 0 bridgehead atoms. The first kappa shape index (κ1) is 22.4. The Hall–Kier alpha value is -4.43. The molecule has 14 heteroatoms. The number of tetrazole rings is 1. The molecule has 2 N–H and O–H groups in total. The quantitative estimate of drug-likeness (QED) is 0.325. The van der Waals surface area contributed by atoms with E-state index >= 15 is 0 Å². The highest BCUT2D eigenvalue weighted by atomic mass is 32.2. The molecule has 5 rings (SSSR count). The molecule has 0 spiro atoms. The maximum atomic E-state index is 12.6. The van der Waals surface area contributed by atoms with Crippen LogP contribution in [0.2, 0.25) is 0 Å². The van der Waals surface area contributed by atoms with E-state index in [1.165, 1.54) is 51.3 Å². The van der Waals surface area contributed by atoms with Gasteiger partial charge in [-0.3, -0.25) is 9.52 Å². The van der Waals surface area contributed by atoms with Crippen LogP contribution in [0.25, 0.3) is 11.4 Å². The highest BCUT2D eigenvalue weighted by Crippen LogP contribution is 2.20. The second-order valence-corrected chi connectivity index (χ2v) is 9.73. The van der Waals surface area contributed by atoms with E-state index in [4.69, 9.17) is 0 Å². The number of carbonyl (C=O) groups is 1. The number of amides is 1. The van der Waals surface area contributed by atoms with Crippen LogP contribution in [-0.4, -0.2) is 49.3 Å². The van der Waals surface area contributed by atoms with Gasteiger partial charge in [-0.2, -0.15) is 5.10 Å². The van der Waals surface area contributed by atoms with Gasteiger partial charge in [0.05, 0.1) is 4.90 Å². The fourth-order valence-electron chi connectivity index (χ4n) is 3.06. The van der Waals surface area contributed by atoms with E-state index in [0.717, 1.165) is 5.56 Å². The summed E-state index contributed by atoms with van der Waals surface area (Å²) in [5, 5.41) is 21.3. The van der Waals surface area contributed by atoms with Gasteiger partial charge in [-0.1, -0.05) is 30.3 Å². The Kier molecular flexibility index (Phi) is 6.03. The molecule has 0 unspecified atom stereocenters. The molecule has 2 aromatic carbocycles. The summed E-state index contributed by atoms with van der Waals surface area (Å²) in [4.78, 5) is 17.9. The second kappa shape index (κ2) is 9.44. The van der Waals surface area contributed by atoms with Crippen molar-refractivity contribution in [1.29, 1.82) is 0 Å². The maximum absolute atomic E-state index is 12.6. The summed E-state index contributed by atoms with van der Waals surface area (Å²) in [5.41, 5.74) is 1.44. The summed E-state index contributed by atoms with van der Waals surface area (Å²) in [5.74, 6) is 0.0415. The molecule has 35 heavy (non-hydrogen) atoms. The predicted octanol–water partition coefficient (Wildman–Crippen LogP) is 2.55. The van der Waals surface area contributed by atoms with Crippen molar-refractivity contribution in [3.8, 4) is 11.4 Å². The largest absolute Gasteiger partial charge is 0.321 e. The number of sulfonamides is 1. The molecule has 1 amide bonds. The summed E-state index contributed by atoms with van der Waals surface area (Å²) in [7, 11) is -3.77. The Morgan fingerprint density at radius 3 is 2.54 bits per heavy atom. The fourth-order valence-corrected chi connectivity index (χ4v) is 4.85. The Labute approximate surface area is 203 Å². The van der Waals surface area contributed by atoms with Gasteiger partial charge in [0.25, 0.3) is 15.9 Å². The summed E-state index contributed by atoms with van der Waals surface area (Å²) in [6, 6.07) is 16.8. The third-order valence-electron chi connectivity index (χ3n) is 4.71. The molecule has 3 aromatic heterocycles. The first-order chi connectivity index (χ1) is 17.0. The minimum absolute atomic E-state index is 0.0465. The lowest BCUT2D eigenvalue weighted by atomic mass is 10.2. The van der Waals surface area contributed by atoms with Crippen LogP contribution in [0.3, 0.4) is 0 Å². The Morgan fingerprint density at radius 1 is 1.00 bits per heavy atom. The van der Waals surface area contributed by atoms with Crippen molar-refractivity contribution in [1.82, 2.24) is 35.0 Å². The zero-order chi connectivity index (χ0) is 24.3. The van der Waals surface area contributed by atoms with Gasteiger partial charge in [-0.15, -0.1) is 26.3 Å². The SMILES string of the molecule is O=C(Nc1ccc(S(=O)(=O)Nc2nccs2)cc1)c1ccn(Cn2nnc(-c3ccccc3)n2)n1. The van der Waals surface area contributed by atoms with Crippen LogP contribution in [0, 0.1) is 0 Å². The molecule has 0 fully saturated rings. The number of carbonyl (C=O) groups excluding carboxylic acids is 1. The monoisotopic (exact) mass is 507 g/mol. The minimum atomic E-state index is -3.77. The summed E-state index contributed by atoms with van der Waals surface area (Å²) in [6.45, 7) is 0.172. The average Bonchev–Trinajstić information content (AvgIpc) is 3.63. The van der Waals surface area contributed by atoms with Gasteiger partial charge in [0.15, 0.2) is 17.5 Å². The van der Waals surface area contributed by atoms with Crippen molar-refractivity contribution in [2.24, 2.45) is 0 Å². The Morgan fingerprint density at radius 2 is 1.80 bits per heavy atom. The number of nitrogens with zero attached hydrogens (tertiary/aromatic N) is 7. The van der Waals surface area contributed by atoms with Crippen molar-refractivity contribution < 1.29 is 13.2 Å². The van der Waals surface area contributed by atoms with E-state index in [9.17, 15) is 13.2 Å². The molecule has 0 radical (unpaired) electrons. The maximum Gasteiger partial charge on any atom is 0.276 e. The number of hydrogen-bond acceptors (Lipinski definition) is 9. The summed E-state index contributed by atoms with van der Waals surface area (Å²) < 4.78 is 28.8. The number of aromatic nitrogens is 7. The number of anilines is 2. The molecule has 0 saturated carbocycles. The van der Waals surface area contributed by atoms with Gasteiger partial charge in [-0.05, 0) is 35.5 Å². The van der Waals surface area contributed by atoms with Crippen LogP contribution in [0.4, 0.5) is 10.8 Å². The van der Waals surface area contributed by atoms with Gasteiger partial charge in [0.1, 0.15) is 0 Å². The van der Waals surface area contributed by atoms with E-state index < -0.39 is 15.9 Å². The van der Waals surface area contributed by atoms with Crippen molar-refractivity contribution in [2.45, 2.75) is 11.6 Å². The van der Waals surface area contributed by atoms with E-state index in [1.54, 1.807) is 17.6 Å². The molecule has 0 aliphatic rings. The first-order valence-electron chi connectivity index (χ1n) is 10.2. The molecule has 0 atom stereocenters.